The van der Waals surface area contributed by atoms with Crippen molar-refractivity contribution < 1.29 is 19.0 Å². The molecule has 1 N–H and O–H groups in total. The van der Waals surface area contributed by atoms with Crippen molar-refractivity contribution in [1.29, 1.82) is 0 Å². The number of halogens is 2. The predicted octanol–water partition coefficient (Wildman–Crippen LogP) is 8.10. The largest absolute Gasteiger partial charge is 0.497 e. The van der Waals surface area contributed by atoms with Crippen LogP contribution in [0.1, 0.15) is 52.7 Å². The minimum absolute atomic E-state index is 0.0256. The van der Waals surface area contributed by atoms with Gasteiger partial charge < -0.3 is 19.0 Å². The van der Waals surface area contributed by atoms with Gasteiger partial charge in [-0.3, -0.25) is 0 Å². The molecule has 0 radical (unpaired) electrons. The van der Waals surface area contributed by atoms with Crippen LogP contribution in [0.5, 0.6) is 11.5 Å². The van der Waals surface area contributed by atoms with Gasteiger partial charge in [0.15, 0.2) is 0 Å². The summed E-state index contributed by atoms with van der Waals surface area (Å²) < 4.78 is 18.9. The van der Waals surface area contributed by atoms with Crippen LogP contribution in [0, 0.1) is 0 Å². The van der Waals surface area contributed by atoms with E-state index < -0.39 is 8.32 Å². The van der Waals surface area contributed by atoms with Crippen LogP contribution in [0.4, 0.5) is 0 Å². The number of methoxy groups -OCH3 is 2. The van der Waals surface area contributed by atoms with E-state index in [0.717, 1.165) is 31.6 Å². The highest BCUT2D eigenvalue weighted by molar-refractivity contribution is 9.10. The zero-order valence-electron chi connectivity index (χ0n) is 20.5. The van der Waals surface area contributed by atoms with E-state index >= 15 is 0 Å². The molecule has 2 aromatic carbocycles. The second-order valence-corrected chi connectivity index (χ2v) is 15.8. The lowest BCUT2D eigenvalue weighted by molar-refractivity contribution is 0.264. The topological polar surface area (TPSA) is 47.9 Å². The van der Waals surface area contributed by atoms with Crippen LogP contribution < -0.4 is 9.47 Å². The van der Waals surface area contributed by atoms with Crippen LogP contribution in [0.3, 0.4) is 0 Å². The molecule has 0 amide bonds. The smallest absolute Gasteiger partial charge is 0.200 e. The summed E-state index contributed by atoms with van der Waals surface area (Å²) in [6.07, 6.45) is 0. The van der Waals surface area contributed by atoms with Gasteiger partial charge in [0.25, 0.3) is 0 Å². The molecule has 0 aliphatic rings. The van der Waals surface area contributed by atoms with Gasteiger partial charge in [-0.1, -0.05) is 73.4 Å². The van der Waals surface area contributed by atoms with E-state index in [1.54, 1.807) is 20.3 Å². The first-order valence-corrected chi connectivity index (χ1v) is 14.7. The van der Waals surface area contributed by atoms with Crippen LogP contribution in [-0.2, 0) is 17.6 Å². The summed E-state index contributed by atoms with van der Waals surface area (Å²) in [5.41, 5.74) is 3.79. The number of benzene rings is 2. The summed E-state index contributed by atoms with van der Waals surface area (Å²) in [6.45, 7) is 14.6. The summed E-state index contributed by atoms with van der Waals surface area (Å²) >= 11 is 6.92. The number of hydrogen-bond donors (Lipinski definition) is 1. The molecule has 0 bridgehead atoms. The van der Waals surface area contributed by atoms with Gasteiger partial charge >= 0.3 is 0 Å². The van der Waals surface area contributed by atoms with Crippen LogP contribution >= 0.6 is 31.9 Å². The maximum Gasteiger partial charge on any atom is 0.200 e. The first-order chi connectivity index (χ1) is 15.0. The van der Waals surface area contributed by atoms with Crippen molar-refractivity contribution in [3.8, 4) is 11.5 Å². The quantitative estimate of drug-likeness (QED) is 0.300. The monoisotopic (exact) mass is 588 g/mol. The normalized spacial score (nSPS) is 11.6. The molecular formula is C25H38Br2O4Si. The highest BCUT2D eigenvalue weighted by Gasteiger charge is 2.45. The Morgan fingerprint density at radius 1 is 0.750 bits per heavy atom. The molecule has 7 heteroatoms. The molecule has 180 valence electrons. The van der Waals surface area contributed by atoms with Crippen LogP contribution in [-0.4, -0.2) is 27.6 Å². The van der Waals surface area contributed by atoms with Crippen LogP contribution in [0.15, 0.2) is 45.3 Å². The number of rotatable bonds is 9. The molecule has 2 rings (SSSR count). The Kier molecular flexibility index (Phi) is 12.5. The fraction of sp³-hybridized carbons (Fsp3) is 0.520. The molecule has 32 heavy (non-hydrogen) atoms. The Balaban J connectivity index is 0.000000389. The van der Waals surface area contributed by atoms with E-state index in [4.69, 9.17) is 19.0 Å². The Hall–Kier alpha value is -0.863. The van der Waals surface area contributed by atoms with Gasteiger partial charge in [-0.2, -0.15) is 0 Å². The van der Waals surface area contributed by atoms with Gasteiger partial charge in [-0.25, -0.2) is 0 Å². The third kappa shape index (κ3) is 7.59. The molecule has 0 atom stereocenters. The standard InChI is InChI=1S/C17H29BrO2Si.C8H9BrO2/c1-12(2)21(13(3)4,14(5)6)20-11-15-10-16(19-7)8-9-17(15)18;1-11-7-2-3-8(9)6(4-7)5-10/h8-10,12-14H,11H2,1-7H3;2-4,10H,5H2,1H3. The highest BCUT2D eigenvalue weighted by Crippen LogP contribution is 2.43. The Morgan fingerprint density at radius 3 is 1.53 bits per heavy atom. The SMILES string of the molecule is COc1ccc(Br)c(CO)c1.COc1ccc(Br)c(CO[Si](C(C)C)(C(C)C)C(C)C)c1. The summed E-state index contributed by atoms with van der Waals surface area (Å²) in [7, 11) is 1.48. The average molecular weight is 590 g/mol. The second kappa shape index (κ2) is 13.7. The maximum absolute atomic E-state index is 8.85. The zero-order valence-corrected chi connectivity index (χ0v) is 24.7. The lowest BCUT2D eigenvalue weighted by Gasteiger charge is -2.42. The van der Waals surface area contributed by atoms with E-state index in [9.17, 15) is 0 Å². The van der Waals surface area contributed by atoms with Crippen molar-refractivity contribution in [3.05, 3.63) is 56.5 Å². The Labute approximate surface area is 212 Å². The fourth-order valence-electron chi connectivity index (χ4n) is 4.29. The summed E-state index contributed by atoms with van der Waals surface area (Å²) in [4.78, 5) is 0. The molecule has 4 nitrogen and oxygen atoms in total. The third-order valence-electron chi connectivity index (χ3n) is 5.86. The van der Waals surface area contributed by atoms with Gasteiger partial charge in [0.2, 0.25) is 8.32 Å². The predicted molar refractivity (Wildman–Crippen MR) is 143 cm³/mol. The molecule has 0 spiro atoms. The van der Waals surface area contributed by atoms with Crippen molar-refractivity contribution in [1.82, 2.24) is 0 Å². The van der Waals surface area contributed by atoms with E-state index in [1.165, 1.54) is 0 Å². The maximum atomic E-state index is 8.85. The van der Waals surface area contributed by atoms with Gasteiger partial charge in [0, 0.05) is 8.95 Å². The molecular weight excluding hydrogens is 552 g/mol. The molecule has 0 saturated heterocycles. The van der Waals surface area contributed by atoms with Gasteiger partial charge in [0.1, 0.15) is 11.5 Å². The molecule has 0 heterocycles. The van der Waals surface area contributed by atoms with E-state index in [0.29, 0.717) is 23.2 Å². The minimum atomic E-state index is -1.82. The van der Waals surface area contributed by atoms with Gasteiger partial charge in [-0.15, -0.1) is 0 Å². The third-order valence-corrected chi connectivity index (χ3v) is 13.5. The molecule has 0 aliphatic heterocycles. The molecule has 0 saturated carbocycles. The first kappa shape index (κ1) is 29.2. The van der Waals surface area contributed by atoms with Crippen molar-refractivity contribution in [3.63, 3.8) is 0 Å². The molecule has 0 fully saturated rings. The molecule has 0 aliphatic carbocycles. The Bertz CT molecular complexity index is 819. The van der Waals surface area contributed by atoms with Crippen LogP contribution in [0.2, 0.25) is 16.6 Å². The highest BCUT2D eigenvalue weighted by atomic mass is 79.9. The molecule has 0 unspecified atom stereocenters. The lowest BCUT2D eigenvalue weighted by Crippen LogP contribution is -2.47. The number of aliphatic hydroxyl groups excluding tert-OH is 1. The second-order valence-electron chi connectivity index (χ2n) is 8.68. The average Bonchev–Trinajstić information content (AvgIpc) is 2.75. The summed E-state index contributed by atoms with van der Waals surface area (Å²) in [5, 5.41) is 8.85. The van der Waals surface area contributed by atoms with Crippen molar-refractivity contribution in [2.24, 2.45) is 0 Å². The lowest BCUT2D eigenvalue weighted by atomic mass is 10.2. The zero-order chi connectivity index (χ0) is 24.5. The van der Waals surface area contributed by atoms with Crippen molar-refractivity contribution >= 4 is 40.2 Å². The van der Waals surface area contributed by atoms with Crippen molar-refractivity contribution in [2.75, 3.05) is 14.2 Å². The van der Waals surface area contributed by atoms with E-state index in [-0.39, 0.29) is 6.61 Å². The van der Waals surface area contributed by atoms with Crippen LogP contribution in [0.25, 0.3) is 0 Å². The van der Waals surface area contributed by atoms with Crippen molar-refractivity contribution in [2.45, 2.75) is 71.4 Å². The van der Waals surface area contributed by atoms with Gasteiger partial charge in [0.05, 0.1) is 27.4 Å². The number of hydrogen-bond acceptors (Lipinski definition) is 4. The number of aliphatic hydroxyl groups is 1. The summed E-state index contributed by atoms with van der Waals surface area (Å²) in [5.74, 6) is 1.64. The minimum Gasteiger partial charge on any atom is -0.497 e. The molecule has 0 aromatic heterocycles. The fourth-order valence-corrected chi connectivity index (χ4v) is 10.4. The summed E-state index contributed by atoms with van der Waals surface area (Å²) in [6, 6.07) is 11.5. The molecule has 2 aromatic rings. The Morgan fingerprint density at radius 2 is 1.16 bits per heavy atom. The van der Waals surface area contributed by atoms with E-state index in [2.05, 4.69) is 79.5 Å². The number of ether oxygens (including phenoxy) is 2. The first-order valence-electron chi connectivity index (χ1n) is 10.9. The van der Waals surface area contributed by atoms with E-state index in [1.807, 2.05) is 24.3 Å². The van der Waals surface area contributed by atoms with Gasteiger partial charge in [-0.05, 0) is 64.1 Å².